The summed E-state index contributed by atoms with van der Waals surface area (Å²) in [7, 11) is 0. The third-order valence-electron chi connectivity index (χ3n) is 3.12. The first-order valence-corrected chi connectivity index (χ1v) is 6.42. The van der Waals surface area contributed by atoms with Crippen LogP contribution in [0.25, 0.3) is 0 Å². The number of nitrogens with zero attached hydrogens (tertiary/aromatic N) is 1. The molecule has 1 atom stereocenters. The van der Waals surface area contributed by atoms with E-state index in [9.17, 15) is 10.3 Å². The fraction of sp³-hybridized carbons (Fsp3) is 0.500. The van der Waals surface area contributed by atoms with Crippen molar-refractivity contribution in [1.82, 2.24) is 5.06 Å². The summed E-state index contributed by atoms with van der Waals surface area (Å²) in [5.41, 5.74) is 0.853. The Morgan fingerprint density at radius 1 is 1.29 bits per heavy atom. The number of hydroxylamine groups is 2. The molecule has 1 heterocycles. The zero-order valence-corrected chi connectivity index (χ0v) is 10.9. The number of aromatic hydroxyl groups is 1. The molecule has 2 N–H and O–H groups in total. The highest BCUT2D eigenvalue weighted by Crippen LogP contribution is 2.33. The lowest BCUT2D eigenvalue weighted by atomic mass is 9.92. The molecule has 1 aliphatic heterocycles. The van der Waals surface area contributed by atoms with Crippen molar-refractivity contribution in [2.45, 2.75) is 19.3 Å². The van der Waals surface area contributed by atoms with Crippen LogP contribution in [-0.4, -0.2) is 28.5 Å². The van der Waals surface area contributed by atoms with Crippen LogP contribution in [0.5, 0.6) is 5.75 Å². The van der Waals surface area contributed by atoms with Gasteiger partial charge in [0.15, 0.2) is 0 Å². The number of halogens is 2. The summed E-state index contributed by atoms with van der Waals surface area (Å²) in [5.74, 6) is 0.435. The minimum absolute atomic E-state index is 0.0798. The molecule has 1 saturated heterocycles. The Hall–Kier alpha value is -0.480. The Morgan fingerprint density at radius 3 is 2.53 bits per heavy atom. The van der Waals surface area contributed by atoms with Crippen LogP contribution in [0.2, 0.25) is 10.0 Å². The molecule has 5 heteroatoms. The molecule has 94 valence electrons. The van der Waals surface area contributed by atoms with Gasteiger partial charge in [0.25, 0.3) is 0 Å². The van der Waals surface area contributed by atoms with Crippen molar-refractivity contribution >= 4 is 23.2 Å². The first-order chi connectivity index (χ1) is 8.06. The van der Waals surface area contributed by atoms with E-state index in [1.165, 1.54) is 17.2 Å². The van der Waals surface area contributed by atoms with Gasteiger partial charge in [-0.3, -0.25) is 0 Å². The quantitative estimate of drug-likeness (QED) is 0.870. The summed E-state index contributed by atoms with van der Waals surface area (Å²) >= 11 is 12.1. The van der Waals surface area contributed by atoms with Crippen LogP contribution in [-0.2, 0) is 6.42 Å². The highest BCUT2D eigenvalue weighted by atomic mass is 35.5. The minimum atomic E-state index is 0.0798. The zero-order chi connectivity index (χ0) is 12.4. The number of piperidine rings is 1. The van der Waals surface area contributed by atoms with Gasteiger partial charge in [0.1, 0.15) is 5.75 Å². The SMILES string of the molecule is Oc1cc(Cl)c(C[C@H]2CCCN(O)C2)c(Cl)c1. The molecule has 17 heavy (non-hydrogen) atoms. The van der Waals surface area contributed by atoms with E-state index < -0.39 is 0 Å². The number of hydrogen-bond acceptors (Lipinski definition) is 3. The second kappa shape index (κ2) is 5.44. The maximum atomic E-state index is 9.47. The maximum absolute atomic E-state index is 9.47. The van der Waals surface area contributed by atoms with Gasteiger partial charge in [-0.05, 0) is 42.9 Å². The van der Waals surface area contributed by atoms with E-state index in [4.69, 9.17) is 23.2 Å². The molecule has 1 fully saturated rings. The summed E-state index contributed by atoms with van der Waals surface area (Å²) in [6.07, 6.45) is 2.77. The minimum Gasteiger partial charge on any atom is -0.508 e. The average molecular weight is 276 g/mol. The van der Waals surface area contributed by atoms with Crippen LogP contribution < -0.4 is 0 Å². The highest BCUT2D eigenvalue weighted by Gasteiger charge is 2.21. The van der Waals surface area contributed by atoms with E-state index in [1.54, 1.807) is 0 Å². The Kier molecular flexibility index (Phi) is 4.15. The smallest absolute Gasteiger partial charge is 0.118 e. The lowest BCUT2D eigenvalue weighted by Crippen LogP contribution is -2.33. The first kappa shape index (κ1) is 13.0. The molecule has 0 bridgehead atoms. The van der Waals surface area contributed by atoms with Crippen molar-refractivity contribution in [3.05, 3.63) is 27.7 Å². The predicted octanol–water partition coefficient (Wildman–Crippen LogP) is 3.34. The normalized spacial score (nSPS) is 21.7. The van der Waals surface area contributed by atoms with Gasteiger partial charge >= 0.3 is 0 Å². The summed E-state index contributed by atoms with van der Waals surface area (Å²) in [6, 6.07) is 3.00. The Morgan fingerprint density at radius 2 is 1.94 bits per heavy atom. The van der Waals surface area contributed by atoms with Gasteiger partial charge in [0, 0.05) is 23.1 Å². The molecule has 1 aliphatic rings. The number of phenolic OH excluding ortho intramolecular Hbond substituents is 1. The average Bonchev–Trinajstić information content (AvgIpc) is 2.23. The first-order valence-electron chi connectivity index (χ1n) is 5.67. The zero-order valence-electron chi connectivity index (χ0n) is 9.37. The van der Waals surface area contributed by atoms with Crippen molar-refractivity contribution in [2.24, 2.45) is 5.92 Å². The Balaban J connectivity index is 2.12. The van der Waals surface area contributed by atoms with Crippen LogP contribution in [0.3, 0.4) is 0 Å². The van der Waals surface area contributed by atoms with Crippen molar-refractivity contribution in [3.8, 4) is 5.75 Å². The van der Waals surface area contributed by atoms with Gasteiger partial charge < -0.3 is 10.3 Å². The molecule has 0 unspecified atom stereocenters. The van der Waals surface area contributed by atoms with E-state index in [2.05, 4.69) is 0 Å². The van der Waals surface area contributed by atoms with Crippen molar-refractivity contribution in [2.75, 3.05) is 13.1 Å². The molecule has 0 saturated carbocycles. The van der Waals surface area contributed by atoms with Gasteiger partial charge in [0.05, 0.1) is 0 Å². The third kappa shape index (κ3) is 3.26. The largest absolute Gasteiger partial charge is 0.508 e. The maximum Gasteiger partial charge on any atom is 0.118 e. The highest BCUT2D eigenvalue weighted by molar-refractivity contribution is 6.36. The van der Waals surface area contributed by atoms with Crippen LogP contribution in [0, 0.1) is 5.92 Å². The van der Waals surface area contributed by atoms with E-state index in [-0.39, 0.29) is 5.75 Å². The van der Waals surface area contributed by atoms with E-state index in [0.29, 0.717) is 22.5 Å². The summed E-state index contributed by atoms with van der Waals surface area (Å²) < 4.78 is 0. The standard InChI is InChI=1S/C12H15Cl2NO2/c13-11-5-9(16)6-12(14)10(11)4-8-2-1-3-15(17)7-8/h5-6,8,16-17H,1-4,7H2/t8-/m1/s1. The van der Waals surface area contributed by atoms with Gasteiger partial charge in [-0.15, -0.1) is 0 Å². The molecule has 0 aromatic heterocycles. The number of benzene rings is 1. The van der Waals surface area contributed by atoms with Crippen molar-refractivity contribution < 1.29 is 10.3 Å². The van der Waals surface area contributed by atoms with E-state index in [0.717, 1.165) is 31.4 Å². The summed E-state index contributed by atoms with van der Waals surface area (Å²) in [4.78, 5) is 0. The van der Waals surface area contributed by atoms with Crippen LogP contribution in [0.15, 0.2) is 12.1 Å². The van der Waals surface area contributed by atoms with Crippen molar-refractivity contribution in [1.29, 1.82) is 0 Å². The molecular weight excluding hydrogens is 261 g/mol. The molecule has 0 aliphatic carbocycles. The summed E-state index contributed by atoms with van der Waals surface area (Å²) in [5, 5.41) is 21.1. The van der Waals surface area contributed by atoms with E-state index in [1.807, 2.05) is 0 Å². The van der Waals surface area contributed by atoms with Crippen LogP contribution in [0.1, 0.15) is 18.4 Å². The molecule has 0 amide bonds. The van der Waals surface area contributed by atoms with Gasteiger partial charge in [-0.2, -0.15) is 5.06 Å². The van der Waals surface area contributed by atoms with Crippen molar-refractivity contribution in [3.63, 3.8) is 0 Å². The van der Waals surface area contributed by atoms with Crippen LogP contribution in [0.4, 0.5) is 0 Å². The fourth-order valence-electron chi connectivity index (χ4n) is 2.28. The summed E-state index contributed by atoms with van der Waals surface area (Å²) in [6.45, 7) is 1.38. The number of hydrogen-bond donors (Lipinski definition) is 2. The second-order valence-electron chi connectivity index (χ2n) is 4.51. The Labute approximate surface area is 111 Å². The number of rotatable bonds is 2. The second-order valence-corrected chi connectivity index (χ2v) is 5.33. The lowest BCUT2D eigenvalue weighted by molar-refractivity contribution is -0.117. The topological polar surface area (TPSA) is 43.7 Å². The molecule has 2 rings (SSSR count). The Bertz CT molecular complexity index is 388. The predicted molar refractivity (Wildman–Crippen MR) is 67.9 cm³/mol. The molecule has 0 spiro atoms. The van der Waals surface area contributed by atoms with Gasteiger partial charge in [-0.1, -0.05) is 23.2 Å². The monoisotopic (exact) mass is 275 g/mol. The molecule has 1 aromatic carbocycles. The third-order valence-corrected chi connectivity index (χ3v) is 3.79. The molecule has 0 radical (unpaired) electrons. The lowest BCUT2D eigenvalue weighted by Gasteiger charge is -2.28. The molecule has 1 aromatic rings. The van der Waals surface area contributed by atoms with Gasteiger partial charge in [0.2, 0.25) is 0 Å². The van der Waals surface area contributed by atoms with E-state index >= 15 is 0 Å². The molecule has 3 nitrogen and oxygen atoms in total. The van der Waals surface area contributed by atoms with Gasteiger partial charge in [-0.25, -0.2) is 0 Å². The van der Waals surface area contributed by atoms with Crippen LogP contribution >= 0.6 is 23.2 Å². The number of phenols is 1. The molecular formula is C12H15Cl2NO2. The fourth-order valence-corrected chi connectivity index (χ4v) is 2.91.